The van der Waals surface area contributed by atoms with Crippen molar-refractivity contribution in [1.29, 1.82) is 0 Å². The van der Waals surface area contributed by atoms with Gasteiger partial charge in [-0.05, 0) is 39.0 Å². The molecule has 2 heterocycles. The number of quaternary nitrogens is 1. The molecule has 1 saturated heterocycles. The van der Waals surface area contributed by atoms with Crippen molar-refractivity contribution in [1.82, 2.24) is 9.80 Å². The minimum absolute atomic E-state index is 0.0592. The van der Waals surface area contributed by atoms with Gasteiger partial charge in [-0.2, -0.15) is 0 Å². The summed E-state index contributed by atoms with van der Waals surface area (Å²) >= 11 is 0. The zero-order chi connectivity index (χ0) is 22.1. The van der Waals surface area contributed by atoms with E-state index in [1.807, 2.05) is 37.8 Å². The van der Waals surface area contributed by atoms with Gasteiger partial charge in [0, 0.05) is 44.2 Å². The van der Waals surface area contributed by atoms with E-state index in [0.29, 0.717) is 25.2 Å². The van der Waals surface area contributed by atoms with Gasteiger partial charge >= 0.3 is 6.03 Å². The Bertz CT molecular complexity index is 874. The van der Waals surface area contributed by atoms with E-state index in [9.17, 15) is 9.59 Å². The summed E-state index contributed by atoms with van der Waals surface area (Å²) in [5.41, 5.74) is 9.44. The highest BCUT2D eigenvalue weighted by molar-refractivity contribution is 5.73. The molecule has 162 valence electrons. The van der Waals surface area contributed by atoms with Crippen LogP contribution in [0.3, 0.4) is 0 Å². The van der Waals surface area contributed by atoms with Gasteiger partial charge in [0.15, 0.2) is 5.82 Å². The number of halogens is 1. The first-order valence-electron chi connectivity index (χ1n) is 10.3. The molecule has 2 aliphatic rings. The molecule has 0 saturated carbocycles. The van der Waals surface area contributed by atoms with E-state index in [1.165, 1.54) is 0 Å². The maximum absolute atomic E-state index is 15.4. The van der Waals surface area contributed by atoms with E-state index in [1.54, 1.807) is 37.4 Å². The van der Waals surface area contributed by atoms with Crippen molar-refractivity contribution in [3.05, 3.63) is 54.0 Å². The average Bonchev–Trinajstić information content (AvgIpc) is 2.68. The van der Waals surface area contributed by atoms with Gasteiger partial charge < -0.3 is 10.6 Å². The molecule has 0 aromatic heterocycles. The summed E-state index contributed by atoms with van der Waals surface area (Å²) in [5.74, 6) is -0.344. The first kappa shape index (κ1) is 22.0. The Balaban J connectivity index is 1.84. The van der Waals surface area contributed by atoms with Crippen LogP contribution in [0.15, 0.2) is 42.6 Å². The number of amides is 3. The molecule has 8 heteroatoms. The number of allylic oxidation sites excluding steroid dienone is 2. The average molecular weight is 417 g/mol. The predicted molar refractivity (Wildman–Crippen MR) is 114 cm³/mol. The third-order valence-electron chi connectivity index (χ3n) is 6.11. The lowest BCUT2D eigenvalue weighted by Gasteiger charge is -2.44. The van der Waals surface area contributed by atoms with Crippen molar-refractivity contribution in [3.63, 3.8) is 0 Å². The van der Waals surface area contributed by atoms with E-state index < -0.39 is 11.8 Å². The molecule has 0 radical (unpaired) electrons. The van der Waals surface area contributed by atoms with Crippen LogP contribution in [0.5, 0.6) is 0 Å². The molecule has 4 atom stereocenters. The van der Waals surface area contributed by atoms with Crippen molar-refractivity contribution in [2.75, 3.05) is 18.5 Å². The number of nitrogens with zero attached hydrogens (tertiary/aromatic N) is 3. The number of primary amides is 1. The van der Waals surface area contributed by atoms with Crippen LogP contribution in [0, 0.1) is 5.82 Å². The van der Waals surface area contributed by atoms with E-state index in [4.69, 9.17) is 5.73 Å². The number of carbonyl (C=O) groups excluding carboxylic acids is 2. The zero-order valence-corrected chi connectivity index (χ0v) is 18.0. The van der Waals surface area contributed by atoms with Gasteiger partial charge in [-0.1, -0.05) is 18.2 Å². The number of hydrogen-bond acceptors (Lipinski definition) is 4. The SMILES string of the molecule is CC(=O)N1C[C@@H](C)N(Cc2cccc(N[N+]3(C(N)=O)C=CC=CC3C)c2F)[C@@H](C)C1. The number of hydrogen-bond donors (Lipinski definition) is 2. The summed E-state index contributed by atoms with van der Waals surface area (Å²) in [5, 5.41) is 0. The lowest BCUT2D eigenvalue weighted by Crippen LogP contribution is -2.60. The van der Waals surface area contributed by atoms with Gasteiger partial charge in [0.25, 0.3) is 0 Å². The second-order valence-electron chi connectivity index (χ2n) is 8.27. The number of carbonyl (C=O) groups is 2. The van der Waals surface area contributed by atoms with Crippen LogP contribution < -0.4 is 11.2 Å². The third-order valence-corrected chi connectivity index (χ3v) is 6.11. The Labute approximate surface area is 177 Å². The number of nitrogens with two attached hydrogens (primary N) is 1. The highest BCUT2D eigenvalue weighted by atomic mass is 19.1. The lowest BCUT2D eigenvalue weighted by atomic mass is 10.1. The van der Waals surface area contributed by atoms with Crippen LogP contribution in [0.25, 0.3) is 0 Å². The molecule has 0 aliphatic carbocycles. The molecule has 1 aromatic carbocycles. The van der Waals surface area contributed by atoms with E-state index >= 15 is 4.39 Å². The summed E-state index contributed by atoms with van der Waals surface area (Å²) in [6.07, 6.45) is 7.03. The smallest absolute Gasteiger partial charge is 0.340 e. The fraction of sp³-hybridized carbons (Fsp3) is 0.455. The quantitative estimate of drug-likeness (QED) is 0.740. The molecular formula is C22H31FN5O2+. The minimum Gasteiger partial charge on any atom is -0.340 e. The lowest BCUT2D eigenvalue weighted by molar-refractivity contribution is -0.792. The summed E-state index contributed by atoms with van der Waals surface area (Å²) in [7, 11) is 0. The molecule has 0 bridgehead atoms. The molecular weight excluding hydrogens is 385 g/mol. The van der Waals surface area contributed by atoms with Gasteiger partial charge in [-0.3, -0.25) is 9.69 Å². The van der Waals surface area contributed by atoms with Crippen molar-refractivity contribution in [2.24, 2.45) is 5.73 Å². The maximum atomic E-state index is 15.4. The standard InChI is InChI=1S/C22H30FN5O2/c1-15-12-26(18(4)29)13-16(2)27(15)14-19-9-7-10-20(21(19)23)25-28(22(24)30)11-6-5-8-17(28)3/h5-11,15-17,25H,12-14H2,1-4H3,(H-,24,30)/p+1/t15-,16+,17?,28?. The van der Waals surface area contributed by atoms with E-state index in [0.717, 1.165) is 0 Å². The molecule has 1 fully saturated rings. The predicted octanol–water partition coefficient (Wildman–Crippen LogP) is 2.96. The van der Waals surface area contributed by atoms with Crippen molar-refractivity contribution in [2.45, 2.75) is 52.4 Å². The summed E-state index contributed by atoms with van der Waals surface area (Å²) in [6, 6.07) is 4.45. The minimum atomic E-state index is -0.615. The van der Waals surface area contributed by atoms with Crippen LogP contribution in [-0.4, -0.2) is 57.5 Å². The second kappa shape index (κ2) is 8.57. The Morgan fingerprint density at radius 3 is 2.43 bits per heavy atom. The van der Waals surface area contributed by atoms with Gasteiger partial charge in [-0.15, -0.1) is 4.59 Å². The molecule has 0 spiro atoms. The van der Waals surface area contributed by atoms with Gasteiger partial charge in [0.2, 0.25) is 5.91 Å². The molecule has 3 amide bonds. The Morgan fingerprint density at radius 2 is 1.87 bits per heavy atom. The first-order chi connectivity index (χ1) is 14.2. The highest BCUT2D eigenvalue weighted by Gasteiger charge is 2.40. The molecule has 30 heavy (non-hydrogen) atoms. The number of nitrogens with one attached hydrogen (secondary N) is 1. The largest absolute Gasteiger partial charge is 0.443 e. The number of anilines is 1. The zero-order valence-electron chi connectivity index (χ0n) is 18.0. The molecule has 3 N–H and O–H groups in total. The van der Waals surface area contributed by atoms with Gasteiger partial charge in [0.1, 0.15) is 17.9 Å². The number of urea groups is 1. The molecule has 2 unspecified atom stereocenters. The Morgan fingerprint density at radius 1 is 1.20 bits per heavy atom. The van der Waals surface area contributed by atoms with Crippen molar-refractivity contribution >= 4 is 17.6 Å². The topological polar surface area (TPSA) is 78.7 Å². The summed E-state index contributed by atoms with van der Waals surface area (Å²) in [6.45, 7) is 9.17. The highest BCUT2D eigenvalue weighted by Crippen LogP contribution is 2.28. The Hall–Kier alpha value is -2.71. The Kier molecular flexibility index (Phi) is 6.28. The maximum Gasteiger partial charge on any atom is 0.443 e. The van der Waals surface area contributed by atoms with Crippen molar-refractivity contribution < 1.29 is 18.6 Å². The van der Waals surface area contributed by atoms with Crippen LogP contribution in [0.1, 0.15) is 33.3 Å². The van der Waals surface area contributed by atoms with E-state index in [-0.39, 0.29) is 34.3 Å². The van der Waals surface area contributed by atoms with Crippen LogP contribution >= 0.6 is 0 Å². The molecule has 3 rings (SSSR count). The summed E-state index contributed by atoms with van der Waals surface area (Å²) < 4.78 is 15.1. The number of rotatable bonds is 4. The summed E-state index contributed by atoms with van der Waals surface area (Å²) in [4.78, 5) is 28.0. The normalized spacial score (nSPS) is 29.1. The molecule has 7 nitrogen and oxygen atoms in total. The number of benzene rings is 1. The van der Waals surface area contributed by atoms with Crippen LogP contribution in [0.2, 0.25) is 0 Å². The first-order valence-corrected chi connectivity index (χ1v) is 10.3. The molecule has 1 aromatic rings. The van der Waals surface area contributed by atoms with Gasteiger partial charge in [0.05, 0.1) is 0 Å². The number of piperazine rings is 1. The van der Waals surface area contributed by atoms with E-state index in [2.05, 4.69) is 10.3 Å². The second-order valence-corrected chi connectivity index (χ2v) is 8.27. The molecule has 2 aliphatic heterocycles. The van der Waals surface area contributed by atoms with Gasteiger partial charge in [-0.25, -0.2) is 14.6 Å². The van der Waals surface area contributed by atoms with Crippen LogP contribution in [0.4, 0.5) is 14.9 Å². The third kappa shape index (κ3) is 4.11. The fourth-order valence-corrected chi connectivity index (χ4v) is 4.26. The fourth-order valence-electron chi connectivity index (χ4n) is 4.26. The monoisotopic (exact) mass is 416 g/mol. The van der Waals surface area contributed by atoms with Crippen molar-refractivity contribution in [3.8, 4) is 0 Å². The van der Waals surface area contributed by atoms with Crippen LogP contribution in [-0.2, 0) is 11.3 Å².